The Kier molecular flexibility index (Phi) is 23.9. The van der Waals surface area contributed by atoms with Crippen LogP contribution in [0.15, 0.2) is 95.6 Å². The lowest BCUT2D eigenvalue weighted by atomic mass is 9.85. The molecule has 2 heteroatoms. The highest BCUT2D eigenvalue weighted by Gasteiger charge is 2.20. The molecule has 1 aromatic carbocycles. The lowest BCUT2D eigenvalue weighted by Gasteiger charge is -2.26. The Bertz CT molecular complexity index is 903. The summed E-state index contributed by atoms with van der Waals surface area (Å²) in [5.41, 5.74) is 7.16. The second-order valence-electron chi connectivity index (χ2n) is 9.35. The van der Waals surface area contributed by atoms with Crippen LogP contribution in [0.3, 0.4) is 0 Å². The molecule has 0 bridgehead atoms. The molecule has 0 atom stereocenters. The smallest absolute Gasteiger partial charge is 0.0443 e. The van der Waals surface area contributed by atoms with Gasteiger partial charge in [0.1, 0.15) is 0 Å². The molecule has 0 N–H and O–H groups in total. The van der Waals surface area contributed by atoms with E-state index < -0.39 is 0 Å². The van der Waals surface area contributed by atoms with Crippen LogP contribution in [0.4, 0.5) is 0 Å². The van der Waals surface area contributed by atoms with Crippen molar-refractivity contribution in [1.29, 1.82) is 0 Å². The normalized spacial score (nSPS) is 13.3. The summed E-state index contributed by atoms with van der Waals surface area (Å²) in [7, 11) is 0. The molecule has 0 aliphatic heterocycles. The SMILES string of the molecule is C/C=C(\C)c1cccc(C)c1.C=C(SCCCC)C1CCC1.C=CC.C=CC(/C=C\C)=C(/C)N=C(C)C. The topological polar surface area (TPSA) is 12.4 Å². The first-order chi connectivity index (χ1) is 17.6. The molecular weight excluding hydrogens is 466 g/mol. The summed E-state index contributed by atoms with van der Waals surface area (Å²) < 4.78 is 0. The molecule has 206 valence electrons. The number of allylic oxidation sites excluding steroid dienone is 9. The van der Waals surface area contributed by atoms with Crippen molar-refractivity contribution < 1.29 is 0 Å². The average molecular weight is 522 g/mol. The van der Waals surface area contributed by atoms with Crippen molar-refractivity contribution in [3.05, 3.63) is 102 Å². The highest BCUT2D eigenvalue weighted by Crippen LogP contribution is 2.37. The number of hydrogen-bond donors (Lipinski definition) is 0. The molecule has 1 fully saturated rings. The maximum absolute atomic E-state index is 4.34. The molecule has 1 aromatic rings. The molecule has 1 nitrogen and oxygen atoms in total. The summed E-state index contributed by atoms with van der Waals surface area (Å²) in [5, 5.41) is 0. The predicted octanol–water partition coefficient (Wildman–Crippen LogP) is 11.9. The fraction of sp³-hybridized carbons (Fsp3) is 0.457. The van der Waals surface area contributed by atoms with E-state index in [4.69, 9.17) is 0 Å². The predicted molar refractivity (Wildman–Crippen MR) is 177 cm³/mol. The summed E-state index contributed by atoms with van der Waals surface area (Å²) in [6.45, 7) is 29.6. The third-order valence-corrected chi connectivity index (χ3v) is 6.82. The largest absolute Gasteiger partial charge is 0.263 e. The van der Waals surface area contributed by atoms with Crippen molar-refractivity contribution in [2.24, 2.45) is 10.9 Å². The number of unbranched alkanes of at least 4 members (excludes halogenated alkanes) is 1. The quantitative estimate of drug-likeness (QED) is 0.136. The maximum Gasteiger partial charge on any atom is 0.0443 e. The zero-order valence-corrected chi connectivity index (χ0v) is 26.3. The average Bonchev–Trinajstić information content (AvgIpc) is 2.82. The summed E-state index contributed by atoms with van der Waals surface area (Å²) >= 11 is 1.99. The molecule has 2 rings (SSSR count). The van der Waals surface area contributed by atoms with E-state index >= 15 is 0 Å². The Balaban J connectivity index is 0. The van der Waals surface area contributed by atoms with Gasteiger partial charge in [-0.2, -0.15) is 0 Å². The zero-order chi connectivity index (χ0) is 28.6. The number of aliphatic imine (C=N–C) groups is 1. The van der Waals surface area contributed by atoms with Crippen molar-refractivity contribution in [2.45, 2.75) is 94.4 Å². The molecule has 0 amide bonds. The van der Waals surface area contributed by atoms with Crippen LogP contribution >= 0.6 is 11.8 Å². The molecule has 0 radical (unpaired) electrons. The zero-order valence-electron chi connectivity index (χ0n) is 25.5. The van der Waals surface area contributed by atoms with Gasteiger partial charge in [0.15, 0.2) is 0 Å². The molecule has 0 saturated heterocycles. The lowest BCUT2D eigenvalue weighted by Crippen LogP contribution is -2.11. The Hall–Kier alpha value is -2.32. The van der Waals surface area contributed by atoms with E-state index in [2.05, 4.69) is 82.8 Å². The van der Waals surface area contributed by atoms with E-state index in [9.17, 15) is 0 Å². The van der Waals surface area contributed by atoms with Gasteiger partial charge in [0.2, 0.25) is 0 Å². The van der Waals surface area contributed by atoms with Crippen LogP contribution in [-0.4, -0.2) is 11.5 Å². The van der Waals surface area contributed by atoms with Crippen LogP contribution in [-0.2, 0) is 0 Å². The fourth-order valence-electron chi connectivity index (χ4n) is 3.17. The molecule has 0 heterocycles. The van der Waals surface area contributed by atoms with Crippen molar-refractivity contribution in [2.75, 3.05) is 5.75 Å². The third-order valence-electron chi connectivity index (χ3n) is 5.63. The molecule has 0 unspecified atom stereocenters. The Morgan fingerprint density at radius 2 is 1.70 bits per heavy atom. The number of rotatable bonds is 9. The standard InChI is InChI=1S/C11H17N.C11H14.C10H18S.C3H6/c1-6-8-11(7-2)10(5)12-9(3)4;1-4-10(3)11-7-5-6-9(2)8-11;1-3-4-8-11-9(2)10-6-5-7-10;1-3-2/h6-8H,2H2,1,3-5H3;4-8H,1-3H3;10H,2-8H2,1H3;3H,1H2,2H3/b8-6-,11-10+;10-4+;;. The minimum absolute atomic E-state index is 0.872. The molecule has 1 aliphatic carbocycles. The van der Waals surface area contributed by atoms with E-state index in [1.807, 2.05) is 64.6 Å². The maximum atomic E-state index is 4.34. The number of nitrogens with zero attached hydrogens (tertiary/aromatic N) is 1. The molecule has 37 heavy (non-hydrogen) atoms. The summed E-state index contributed by atoms with van der Waals surface area (Å²) in [4.78, 5) is 5.79. The van der Waals surface area contributed by atoms with Gasteiger partial charge in [-0.15, -0.1) is 18.3 Å². The van der Waals surface area contributed by atoms with E-state index in [0.29, 0.717) is 0 Å². The van der Waals surface area contributed by atoms with Crippen LogP contribution in [0.2, 0.25) is 0 Å². The van der Waals surface area contributed by atoms with Crippen molar-refractivity contribution in [3.8, 4) is 0 Å². The van der Waals surface area contributed by atoms with Gasteiger partial charge in [-0.25, -0.2) is 0 Å². The number of hydrogen-bond acceptors (Lipinski definition) is 2. The Morgan fingerprint density at radius 3 is 2.11 bits per heavy atom. The summed E-state index contributed by atoms with van der Waals surface area (Å²) in [6.07, 6.45) is 16.6. The van der Waals surface area contributed by atoms with E-state index in [-0.39, 0.29) is 0 Å². The minimum atomic E-state index is 0.872. The van der Waals surface area contributed by atoms with Crippen LogP contribution in [0.5, 0.6) is 0 Å². The van der Waals surface area contributed by atoms with E-state index in [1.54, 1.807) is 6.08 Å². The minimum Gasteiger partial charge on any atom is -0.263 e. The third kappa shape index (κ3) is 19.5. The molecular formula is C35H55NS. The number of thioether (sulfide) groups is 1. The number of benzene rings is 1. The van der Waals surface area contributed by atoms with Crippen LogP contribution < -0.4 is 0 Å². The fourth-order valence-corrected chi connectivity index (χ4v) is 4.34. The first-order valence-corrected chi connectivity index (χ1v) is 14.7. The van der Waals surface area contributed by atoms with Gasteiger partial charge in [-0.1, -0.05) is 93.1 Å². The summed E-state index contributed by atoms with van der Waals surface area (Å²) in [5.74, 6) is 2.16. The molecule has 0 spiro atoms. The first-order valence-electron chi connectivity index (χ1n) is 13.7. The van der Waals surface area contributed by atoms with Gasteiger partial charge in [0.05, 0.1) is 0 Å². The van der Waals surface area contributed by atoms with Crippen molar-refractivity contribution in [3.63, 3.8) is 0 Å². The van der Waals surface area contributed by atoms with Gasteiger partial charge >= 0.3 is 0 Å². The molecule has 1 aliphatic rings. The van der Waals surface area contributed by atoms with Crippen molar-refractivity contribution in [1.82, 2.24) is 0 Å². The van der Waals surface area contributed by atoms with Gasteiger partial charge < -0.3 is 0 Å². The number of aryl methyl sites for hydroxylation is 1. The monoisotopic (exact) mass is 521 g/mol. The second kappa shape index (κ2) is 24.0. The van der Waals surface area contributed by atoms with Gasteiger partial charge in [-0.3, -0.25) is 4.99 Å². The molecule has 0 aromatic heterocycles. The Morgan fingerprint density at radius 1 is 1.08 bits per heavy atom. The highest BCUT2D eigenvalue weighted by atomic mass is 32.2. The lowest BCUT2D eigenvalue weighted by molar-refractivity contribution is 0.383. The van der Waals surface area contributed by atoms with Crippen LogP contribution in [0, 0.1) is 12.8 Å². The summed E-state index contributed by atoms with van der Waals surface area (Å²) in [6, 6.07) is 8.56. The molecule has 1 saturated carbocycles. The second-order valence-corrected chi connectivity index (χ2v) is 10.6. The van der Waals surface area contributed by atoms with Crippen LogP contribution in [0.25, 0.3) is 5.57 Å². The van der Waals surface area contributed by atoms with E-state index in [0.717, 1.165) is 22.9 Å². The van der Waals surface area contributed by atoms with Crippen LogP contribution in [0.1, 0.15) is 98.6 Å². The van der Waals surface area contributed by atoms with Crippen molar-refractivity contribution >= 4 is 23.0 Å². The first kappa shape index (κ1) is 36.8. The van der Waals surface area contributed by atoms with Gasteiger partial charge in [-0.05, 0) is 108 Å². The van der Waals surface area contributed by atoms with E-state index in [1.165, 1.54) is 59.5 Å². The highest BCUT2D eigenvalue weighted by molar-refractivity contribution is 8.03. The van der Waals surface area contributed by atoms with Gasteiger partial charge in [0, 0.05) is 11.4 Å². The Labute approximate surface area is 235 Å². The van der Waals surface area contributed by atoms with Gasteiger partial charge in [0.25, 0.3) is 0 Å².